The molecule has 5 heteroatoms. The molecular weight excluding hydrogens is 426 g/mol. The van der Waals surface area contributed by atoms with Crippen molar-refractivity contribution in [1.82, 2.24) is 4.90 Å². The predicted octanol–water partition coefficient (Wildman–Crippen LogP) is 5.17. The van der Waals surface area contributed by atoms with Crippen LogP contribution in [0.1, 0.15) is 67.0 Å². The number of carbonyl (C=O) groups excluding carboxylic acids is 3. The van der Waals surface area contributed by atoms with Crippen LogP contribution in [0.3, 0.4) is 0 Å². The van der Waals surface area contributed by atoms with E-state index in [-0.39, 0.29) is 17.5 Å². The number of fused-ring (bicyclic) bond motifs is 1. The molecule has 2 aliphatic heterocycles. The molecule has 0 bridgehead atoms. The Kier molecular flexibility index (Phi) is 5.56. The average molecular weight is 454 g/mol. The van der Waals surface area contributed by atoms with Gasteiger partial charge in [0.2, 0.25) is 0 Å². The molecule has 0 radical (unpaired) electrons. The van der Waals surface area contributed by atoms with E-state index in [2.05, 4.69) is 0 Å². The van der Waals surface area contributed by atoms with Crippen molar-refractivity contribution in [2.45, 2.75) is 38.7 Å². The lowest BCUT2D eigenvalue weighted by molar-refractivity contribution is -0.00624. The van der Waals surface area contributed by atoms with Gasteiger partial charge in [-0.2, -0.15) is 0 Å². The SMILES string of the molecule is Cc1ccc2c(c1C)OC1(CCN(C(=O)c3ccccc3C(=O)c3ccccc3)CC1)CC2=O. The lowest BCUT2D eigenvalue weighted by atomic mass is 9.81. The van der Waals surface area contributed by atoms with E-state index in [0.29, 0.717) is 60.4 Å². The molecule has 0 unspecified atom stereocenters. The Balaban J connectivity index is 1.35. The number of ether oxygens (including phenoxy) is 1. The summed E-state index contributed by atoms with van der Waals surface area (Å²) in [5.74, 6) is 0.462. The van der Waals surface area contributed by atoms with Crippen LogP contribution in [-0.2, 0) is 0 Å². The van der Waals surface area contributed by atoms with Crippen molar-refractivity contribution >= 4 is 17.5 Å². The third-order valence-corrected chi connectivity index (χ3v) is 7.18. The Labute approximate surface area is 199 Å². The second-order valence-corrected chi connectivity index (χ2v) is 9.30. The summed E-state index contributed by atoms with van der Waals surface area (Å²) in [5.41, 5.74) is 3.53. The van der Waals surface area contributed by atoms with Crippen LogP contribution in [0, 0.1) is 13.8 Å². The van der Waals surface area contributed by atoms with Crippen molar-refractivity contribution in [3.8, 4) is 5.75 Å². The first-order chi connectivity index (χ1) is 16.4. The maximum absolute atomic E-state index is 13.5. The van der Waals surface area contributed by atoms with E-state index in [1.165, 1.54) is 0 Å². The number of benzene rings is 3. The maximum atomic E-state index is 13.5. The molecule has 3 aromatic rings. The fourth-order valence-electron chi connectivity index (χ4n) is 4.96. The fraction of sp³-hybridized carbons (Fsp3) is 0.276. The average Bonchev–Trinajstić information content (AvgIpc) is 2.87. The first-order valence-corrected chi connectivity index (χ1v) is 11.7. The molecule has 1 spiro atoms. The zero-order valence-corrected chi connectivity index (χ0v) is 19.5. The van der Waals surface area contributed by atoms with Crippen LogP contribution in [0.5, 0.6) is 5.75 Å². The lowest BCUT2D eigenvalue weighted by Gasteiger charge is -2.44. The molecule has 0 aliphatic carbocycles. The van der Waals surface area contributed by atoms with E-state index in [0.717, 1.165) is 11.1 Å². The summed E-state index contributed by atoms with van der Waals surface area (Å²) < 4.78 is 6.48. The summed E-state index contributed by atoms with van der Waals surface area (Å²) >= 11 is 0. The van der Waals surface area contributed by atoms with Gasteiger partial charge in [0, 0.05) is 37.1 Å². The first-order valence-electron chi connectivity index (χ1n) is 11.7. The number of hydrogen-bond acceptors (Lipinski definition) is 4. The van der Waals surface area contributed by atoms with Gasteiger partial charge >= 0.3 is 0 Å². The van der Waals surface area contributed by atoms with Crippen molar-refractivity contribution in [2.75, 3.05) is 13.1 Å². The van der Waals surface area contributed by atoms with E-state index >= 15 is 0 Å². The molecule has 3 aromatic carbocycles. The van der Waals surface area contributed by atoms with Gasteiger partial charge in [-0.15, -0.1) is 0 Å². The standard InChI is InChI=1S/C29H27NO4/c1-19-12-13-24-25(31)18-29(34-27(24)20(19)2)14-16-30(17-15-29)28(33)23-11-7-6-10-22(23)26(32)21-8-4-3-5-9-21/h3-13H,14-18H2,1-2H3. The summed E-state index contributed by atoms with van der Waals surface area (Å²) in [6, 6.07) is 19.8. The van der Waals surface area contributed by atoms with Crippen molar-refractivity contribution < 1.29 is 19.1 Å². The monoisotopic (exact) mass is 453 g/mol. The molecule has 0 aromatic heterocycles. The van der Waals surface area contributed by atoms with Crippen LogP contribution < -0.4 is 4.74 Å². The van der Waals surface area contributed by atoms with Crippen molar-refractivity contribution in [1.29, 1.82) is 0 Å². The molecule has 1 saturated heterocycles. The quantitative estimate of drug-likeness (QED) is 0.513. The van der Waals surface area contributed by atoms with Crippen molar-refractivity contribution in [3.63, 3.8) is 0 Å². The summed E-state index contributed by atoms with van der Waals surface area (Å²) in [6.07, 6.45) is 1.48. The number of likely N-dealkylation sites (tertiary alicyclic amines) is 1. The minimum absolute atomic E-state index is 0.0999. The highest BCUT2D eigenvalue weighted by Crippen LogP contribution is 2.42. The Morgan fingerprint density at radius 2 is 1.50 bits per heavy atom. The largest absolute Gasteiger partial charge is 0.486 e. The number of Topliss-reactive ketones (excluding diaryl/α,β-unsaturated/α-hetero) is 1. The zero-order valence-electron chi connectivity index (χ0n) is 19.5. The topological polar surface area (TPSA) is 63.7 Å². The van der Waals surface area contributed by atoms with E-state index < -0.39 is 5.60 Å². The molecular formula is C29H27NO4. The zero-order chi connectivity index (χ0) is 23.9. The molecule has 172 valence electrons. The number of rotatable bonds is 3. The summed E-state index contributed by atoms with van der Waals surface area (Å²) in [6.45, 7) is 4.94. The smallest absolute Gasteiger partial charge is 0.254 e. The van der Waals surface area contributed by atoms with E-state index in [1.807, 2.05) is 44.2 Å². The summed E-state index contributed by atoms with van der Waals surface area (Å²) in [7, 11) is 0. The number of carbonyl (C=O) groups is 3. The maximum Gasteiger partial charge on any atom is 0.254 e. The van der Waals surface area contributed by atoms with Gasteiger partial charge in [-0.1, -0.05) is 54.6 Å². The number of nitrogens with zero attached hydrogens (tertiary/aromatic N) is 1. The molecule has 2 heterocycles. The van der Waals surface area contributed by atoms with Crippen molar-refractivity contribution in [3.05, 3.63) is 100 Å². The summed E-state index contributed by atoms with van der Waals surface area (Å²) in [5, 5.41) is 0. The van der Waals surface area contributed by atoms with Gasteiger partial charge in [-0.25, -0.2) is 0 Å². The highest BCUT2D eigenvalue weighted by Gasteiger charge is 2.44. The highest BCUT2D eigenvalue weighted by molar-refractivity contribution is 6.15. The second kappa shape index (κ2) is 8.56. The van der Waals surface area contributed by atoms with Crippen LogP contribution in [0.15, 0.2) is 66.7 Å². The minimum Gasteiger partial charge on any atom is -0.486 e. The van der Waals surface area contributed by atoms with Gasteiger partial charge in [0.05, 0.1) is 17.5 Å². The molecule has 1 fully saturated rings. The minimum atomic E-state index is -0.585. The van der Waals surface area contributed by atoms with Gasteiger partial charge in [0.25, 0.3) is 5.91 Å². The van der Waals surface area contributed by atoms with Gasteiger partial charge < -0.3 is 9.64 Å². The van der Waals surface area contributed by atoms with Crippen LogP contribution in [0.25, 0.3) is 0 Å². The molecule has 1 amide bonds. The molecule has 5 nitrogen and oxygen atoms in total. The molecule has 2 aliphatic rings. The molecule has 5 rings (SSSR count). The molecule has 0 saturated carbocycles. The van der Waals surface area contributed by atoms with Gasteiger partial charge in [-0.05, 0) is 37.1 Å². The number of hydrogen-bond donors (Lipinski definition) is 0. The number of amides is 1. The first kappa shape index (κ1) is 22.1. The van der Waals surface area contributed by atoms with Gasteiger partial charge in [0.15, 0.2) is 11.6 Å². The number of ketones is 2. The summed E-state index contributed by atoms with van der Waals surface area (Å²) in [4.78, 5) is 41.2. The molecule has 0 N–H and O–H groups in total. The van der Waals surface area contributed by atoms with Gasteiger partial charge in [0.1, 0.15) is 11.4 Å². The predicted molar refractivity (Wildman–Crippen MR) is 130 cm³/mol. The Morgan fingerprint density at radius 3 is 2.21 bits per heavy atom. The fourth-order valence-corrected chi connectivity index (χ4v) is 4.96. The van der Waals surface area contributed by atoms with Gasteiger partial charge in [-0.3, -0.25) is 14.4 Å². The normalized spacial score (nSPS) is 16.6. The molecule has 0 atom stereocenters. The third-order valence-electron chi connectivity index (χ3n) is 7.18. The third kappa shape index (κ3) is 3.81. The van der Waals surface area contributed by atoms with Crippen molar-refractivity contribution in [2.24, 2.45) is 0 Å². The second-order valence-electron chi connectivity index (χ2n) is 9.30. The lowest BCUT2D eigenvalue weighted by Crippen LogP contribution is -2.52. The number of piperidine rings is 1. The Hall–Kier alpha value is -3.73. The van der Waals surface area contributed by atoms with Crippen LogP contribution in [0.2, 0.25) is 0 Å². The van der Waals surface area contributed by atoms with Crippen LogP contribution in [-0.4, -0.2) is 41.1 Å². The Morgan fingerprint density at radius 1 is 0.853 bits per heavy atom. The van der Waals surface area contributed by atoms with E-state index in [4.69, 9.17) is 4.74 Å². The molecule has 34 heavy (non-hydrogen) atoms. The van der Waals surface area contributed by atoms with E-state index in [9.17, 15) is 14.4 Å². The number of aryl methyl sites for hydroxylation is 1. The highest BCUT2D eigenvalue weighted by atomic mass is 16.5. The van der Waals surface area contributed by atoms with E-state index in [1.54, 1.807) is 41.3 Å². The van der Waals surface area contributed by atoms with Crippen LogP contribution >= 0.6 is 0 Å². The van der Waals surface area contributed by atoms with Crippen LogP contribution in [0.4, 0.5) is 0 Å². The Bertz CT molecular complexity index is 1290.